The lowest BCUT2D eigenvalue weighted by atomic mass is 10.3. The number of aromatic nitrogens is 1. The zero-order valence-corrected chi connectivity index (χ0v) is 7.68. The summed E-state index contributed by atoms with van der Waals surface area (Å²) in [5.74, 6) is 1.36. The van der Waals surface area contributed by atoms with Gasteiger partial charge >= 0.3 is 0 Å². The predicted octanol–water partition coefficient (Wildman–Crippen LogP) is 3.06. The van der Waals surface area contributed by atoms with Crippen LogP contribution in [-0.2, 0) is 0 Å². The van der Waals surface area contributed by atoms with Gasteiger partial charge in [0.2, 0.25) is 5.88 Å². The summed E-state index contributed by atoms with van der Waals surface area (Å²) in [5.41, 5.74) is 0.707. The maximum atomic E-state index is 5.51. The minimum absolute atomic E-state index is 0.573. The Balaban J connectivity index is 2.19. The minimum Gasteiger partial charge on any atom is -0.439 e. The summed E-state index contributed by atoms with van der Waals surface area (Å²) in [6.45, 7) is 3.73. The van der Waals surface area contributed by atoms with Crippen molar-refractivity contribution in [3.8, 4) is 11.6 Å². The van der Waals surface area contributed by atoms with Crippen LogP contribution in [0, 0.1) is 6.92 Å². The van der Waals surface area contributed by atoms with Crippen molar-refractivity contribution in [2.45, 2.75) is 0 Å². The van der Waals surface area contributed by atoms with Crippen molar-refractivity contribution in [1.29, 1.82) is 0 Å². The molecule has 2 nitrogen and oxygen atoms in total. The van der Waals surface area contributed by atoms with Crippen LogP contribution in [0.1, 0.15) is 5.69 Å². The van der Waals surface area contributed by atoms with Crippen LogP contribution in [0.2, 0.25) is 0 Å². The summed E-state index contributed by atoms with van der Waals surface area (Å²) < 4.78 is 5.51. The van der Waals surface area contributed by atoms with Gasteiger partial charge in [0.1, 0.15) is 5.75 Å². The monoisotopic (exact) mass is 184 g/mol. The third-order valence-electron chi connectivity index (χ3n) is 1.75. The summed E-state index contributed by atoms with van der Waals surface area (Å²) in [7, 11) is 0. The number of nitrogens with zero attached hydrogens (tertiary/aromatic N) is 1. The van der Waals surface area contributed by atoms with Gasteiger partial charge in [-0.2, -0.15) is 0 Å². The van der Waals surface area contributed by atoms with Crippen molar-refractivity contribution < 1.29 is 4.74 Å². The van der Waals surface area contributed by atoms with Gasteiger partial charge < -0.3 is 4.74 Å². The Morgan fingerprint density at radius 3 is 2.43 bits per heavy atom. The average Bonchev–Trinajstić information content (AvgIpc) is 2.19. The van der Waals surface area contributed by atoms with Crippen molar-refractivity contribution in [3.63, 3.8) is 0 Å². The zero-order chi connectivity index (χ0) is 9.80. The lowest BCUT2D eigenvalue weighted by Gasteiger charge is -2.03. The Morgan fingerprint density at radius 2 is 1.71 bits per heavy atom. The van der Waals surface area contributed by atoms with Gasteiger partial charge in [0.15, 0.2) is 0 Å². The molecule has 2 heteroatoms. The van der Waals surface area contributed by atoms with Gasteiger partial charge in [0, 0.05) is 11.8 Å². The van der Waals surface area contributed by atoms with E-state index in [0.717, 1.165) is 5.75 Å². The van der Waals surface area contributed by atoms with Gasteiger partial charge in [0.05, 0.1) is 0 Å². The third-order valence-corrected chi connectivity index (χ3v) is 1.75. The van der Waals surface area contributed by atoms with Crippen LogP contribution in [0.15, 0.2) is 48.5 Å². The molecule has 0 saturated heterocycles. The Labute approximate surface area is 83.2 Å². The minimum atomic E-state index is 0.573. The maximum Gasteiger partial charge on any atom is 0.219 e. The highest BCUT2D eigenvalue weighted by Crippen LogP contribution is 2.18. The molecule has 0 amide bonds. The highest BCUT2D eigenvalue weighted by atomic mass is 16.5. The van der Waals surface area contributed by atoms with Gasteiger partial charge in [0.25, 0.3) is 0 Å². The summed E-state index contributed by atoms with van der Waals surface area (Å²) >= 11 is 0. The third kappa shape index (κ3) is 2.10. The summed E-state index contributed by atoms with van der Waals surface area (Å²) in [4.78, 5) is 4.14. The van der Waals surface area contributed by atoms with E-state index < -0.39 is 0 Å². The molecule has 14 heavy (non-hydrogen) atoms. The molecule has 1 radical (unpaired) electrons. The molecule has 0 aliphatic rings. The van der Waals surface area contributed by atoms with E-state index in [9.17, 15) is 0 Å². The second-order valence-corrected chi connectivity index (χ2v) is 2.88. The van der Waals surface area contributed by atoms with E-state index in [1.54, 1.807) is 0 Å². The molecular formula is C12H10NO. The first-order valence-electron chi connectivity index (χ1n) is 4.36. The van der Waals surface area contributed by atoms with Crippen LogP contribution in [0.25, 0.3) is 0 Å². The molecule has 0 fully saturated rings. The smallest absolute Gasteiger partial charge is 0.219 e. The molecule has 0 unspecified atom stereocenters. The molecule has 0 saturated carbocycles. The fraction of sp³-hybridized carbons (Fsp3) is 0. The van der Waals surface area contributed by atoms with Crippen molar-refractivity contribution in [2.75, 3.05) is 0 Å². The second-order valence-electron chi connectivity index (χ2n) is 2.88. The average molecular weight is 184 g/mol. The van der Waals surface area contributed by atoms with Crippen LogP contribution in [0.5, 0.6) is 11.6 Å². The van der Waals surface area contributed by atoms with E-state index in [0.29, 0.717) is 11.6 Å². The van der Waals surface area contributed by atoms with E-state index in [-0.39, 0.29) is 0 Å². The van der Waals surface area contributed by atoms with Crippen LogP contribution < -0.4 is 4.74 Å². The molecule has 69 valence electrons. The van der Waals surface area contributed by atoms with Crippen molar-refractivity contribution in [2.24, 2.45) is 0 Å². The van der Waals surface area contributed by atoms with E-state index in [1.807, 2.05) is 48.5 Å². The summed E-state index contributed by atoms with van der Waals surface area (Å²) in [6, 6.07) is 15.1. The molecule has 1 heterocycles. The Bertz CT molecular complexity index is 412. The van der Waals surface area contributed by atoms with Crippen LogP contribution in [0.4, 0.5) is 0 Å². The Kier molecular flexibility index (Phi) is 2.45. The normalized spacial score (nSPS) is 9.79. The highest BCUT2D eigenvalue weighted by molar-refractivity contribution is 5.27. The number of para-hydroxylation sites is 1. The van der Waals surface area contributed by atoms with Crippen LogP contribution >= 0.6 is 0 Å². The van der Waals surface area contributed by atoms with E-state index in [4.69, 9.17) is 4.74 Å². The summed E-state index contributed by atoms with van der Waals surface area (Å²) in [5, 5.41) is 0. The molecule has 0 N–H and O–H groups in total. The molecule has 0 bridgehead atoms. The number of benzene rings is 1. The molecule has 1 aromatic heterocycles. The van der Waals surface area contributed by atoms with Gasteiger partial charge in [-0.1, -0.05) is 24.3 Å². The Hall–Kier alpha value is -1.83. The number of rotatable bonds is 2. The van der Waals surface area contributed by atoms with Gasteiger partial charge in [-0.05, 0) is 25.1 Å². The van der Waals surface area contributed by atoms with Gasteiger partial charge in [-0.3, -0.25) is 0 Å². The SMILES string of the molecule is [CH2]c1cccc(Oc2ccccc2)n1. The van der Waals surface area contributed by atoms with Crippen LogP contribution in [-0.4, -0.2) is 4.98 Å². The lowest BCUT2D eigenvalue weighted by molar-refractivity contribution is 0.462. The van der Waals surface area contributed by atoms with E-state index in [1.165, 1.54) is 0 Å². The number of ether oxygens (including phenoxy) is 1. The standard InChI is InChI=1S/C12H10NO/c1-10-6-5-9-12(13-10)14-11-7-3-2-4-8-11/h2-9H,1H2. The molecule has 2 rings (SSSR count). The molecule has 1 aromatic carbocycles. The molecule has 0 aliphatic heterocycles. The molecule has 2 aromatic rings. The molecule has 0 atom stereocenters. The maximum absolute atomic E-state index is 5.51. The van der Waals surface area contributed by atoms with Crippen molar-refractivity contribution in [3.05, 3.63) is 61.1 Å². The van der Waals surface area contributed by atoms with Crippen molar-refractivity contribution in [1.82, 2.24) is 4.98 Å². The zero-order valence-electron chi connectivity index (χ0n) is 7.68. The topological polar surface area (TPSA) is 22.1 Å². The number of pyridine rings is 1. The number of hydrogen-bond acceptors (Lipinski definition) is 2. The van der Waals surface area contributed by atoms with E-state index in [2.05, 4.69) is 11.9 Å². The molecule has 0 spiro atoms. The molecular weight excluding hydrogens is 174 g/mol. The highest BCUT2D eigenvalue weighted by Gasteiger charge is 1.96. The largest absolute Gasteiger partial charge is 0.439 e. The van der Waals surface area contributed by atoms with Gasteiger partial charge in [-0.15, -0.1) is 0 Å². The van der Waals surface area contributed by atoms with E-state index >= 15 is 0 Å². The summed E-state index contributed by atoms with van der Waals surface area (Å²) in [6.07, 6.45) is 0. The fourth-order valence-corrected chi connectivity index (χ4v) is 1.12. The molecule has 0 aliphatic carbocycles. The Morgan fingerprint density at radius 1 is 0.929 bits per heavy atom. The van der Waals surface area contributed by atoms with Crippen molar-refractivity contribution >= 4 is 0 Å². The van der Waals surface area contributed by atoms with Crippen LogP contribution in [0.3, 0.4) is 0 Å². The lowest BCUT2D eigenvalue weighted by Crippen LogP contribution is -1.88. The first kappa shape index (κ1) is 8.75. The second kappa shape index (κ2) is 3.92. The first-order chi connectivity index (χ1) is 6.84. The number of hydrogen-bond donors (Lipinski definition) is 0. The predicted molar refractivity (Wildman–Crippen MR) is 55.2 cm³/mol. The van der Waals surface area contributed by atoms with Gasteiger partial charge in [-0.25, -0.2) is 4.98 Å². The first-order valence-corrected chi connectivity index (χ1v) is 4.36. The fourth-order valence-electron chi connectivity index (χ4n) is 1.12. The quantitative estimate of drug-likeness (QED) is 0.715.